The summed E-state index contributed by atoms with van der Waals surface area (Å²) in [4.78, 5) is 20.5. The van der Waals surface area contributed by atoms with Crippen LogP contribution in [0.5, 0.6) is 0 Å². The number of esters is 1. The van der Waals surface area contributed by atoms with Crippen molar-refractivity contribution in [1.29, 1.82) is 0 Å². The largest absolute Gasteiger partial charge is 0.471 e. The first kappa shape index (κ1) is 22.3. The van der Waals surface area contributed by atoms with Gasteiger partial charge in [-0.3, -0.25) is 9.59 Å². The first-order valence-corrected chi connectivity index (χ1v) is 8.44. The summed E-state index contributed by atoms with van der Waals surface area (Å²) in [5, 5.41) is 0. The third-order valence-corrected chi connectivity index (χ3v) is 3.84. The van der Waals surface area contributed by atoms with Crippen LogP contribution in [0.15, 0.2) is 40.9 Å². The van der Waals surface area contributed by atoms with Gasteiger partial charge in [-0.25, -0.2) is 4.39 Å². The molecular weight excluding hydrogens is 379 g/mol. The molecule has 0 saturated carbocycles. The molecule has 3 unspecified atom stereocenters. The summed E-state index contributed by atoms with van der Waals surface area (Å²) in [6.07, 6.45) is 2.85. The predicted octanol–water partition coefficient (Wildman–Crippen LogP) is 4.44. The van der Waals surface area contributed by atoms with E-state index in [2.05, 4.69) is 25.4 Å². The van der Waals surface area contributed by atoms with Crippen molar-refractivity contribution in [3.8, 4) is 0 Å². The fourth-order valence-electron chi connectivity index (χ4n) is 2.22. The molecule has 6 heteroatoms. The number of rotatable bonds is 3. The number of ether oxygens (including phenoxy) is 2. The molecule has 2 rings (SSSR count). The molecule has 0 aromatic heterocycles. The molecule has 0 saturated heterocycles. The zero-order valence-corrected chi connectivity index (χ0v) is 16.0. The molecule has 1 aliphatic carbocycles. The van der Waals surface area contributed by atoms with Crippen LogP contribution < -0.4 is 0 Å². The molecule has 0 heterocycles. The van der Waals surface area contributed by atoms with Crippen LogP contribution in [0, 0.1) is 5.92 Å². The molecule has 24 heavy (non-hydrogen) atoms. The van der Waals surface area contributed by atoms with E-state index >= 15 is 0 Å². The minimum atomic E-state index is -1.23. The van der Waals surface area contributed by atoms with Crippen LogP contribution >= 0.6 is 15.9 Å². The number of hydrogen-bond acceptors (Lipinski definition) is 4. The normalized spacial score (nSPS) is 21.3. The third kappa shape index (κ3) is 6.83. The van der Waals surface area contributed by atoms with E-state index in [0.717, 1.165) is 10.0 Å². The number of allylic oxidation sites excluding steroid dienone is 2. The van der Waals surface area contributed by atoms with E-state index in [1.54, 1.807) is 0 Å². The Bertz CT molecular complexity index is 516. The Morgan fingerprint density at radius 1 is 1.25 bits per heavy atom. The van der Waals surface area contributed by atoms with Crippen LogP contribution in [-0.2, 0) is 19.1 Å². The smallest absolute Gasteiger partial charge is 0.311 e. The topological polar surface area (TPSA) is 52.6 Å². The van der Waals surface area contributed by atoms with Crippen molar-refractivity contribution in [3.05, 3.63) is 46.5 Å². The Labute approximate surface area is 151 Å². The summed E-state index contributed by atoms with van der Waals surface area (Å²) in [6, 6.07) is 7.48. The van der Waals surface area contributed by atoms with Gasteiger partial charge in [-0.05, 0) is 24.1 Å². The van der Waals surface area contributed by atoms with Crippen LogP contribution in [0.2, 0.25) is 0 Å². The minimum absolute atomic E-state index is 0.375. The summed E-state index contributed by atoms with van der Waals surface area (Å²) < 4.78 is 23.8. The van der Waals surface area contributed by atoms with E-state index in [-0.39, 0.29) is 5.92 Å². The molecular formula is C18H24BrFO4. The molecule has 134 valence electrons. The van der Waals surface area contributed by atoms with E-state index in [1.807, 2.05) is 50.3 Å². The lowest BCUT2D eigenvalue weighted by Gasteiger charge is -2.27. The van der Waals surface area contributed by atoms with Gasteiger partial charge in [-0.2, -0.15) is 0 Å². The number of alkyl halides is 1. The lowest BCUT2D eigenvalue weighted by Crippen LogP contribution is -2.32. The molecule has 1 aliphatic rings. The van der Waals surface area contributed by atoms with Gasteiger partial charge in [0.15, 0.2) is 0 Å². The fourth-order valence-corrected chi connectivity index (χ4v) is 2.48. The van der Waals surface area contributed by atoms with E-state index in [4.69, 9.17) is 4.79 Å². The quantitative estimate of drug-likeness (QED) is 0.426. The highest BCUT2D eigenvalue weighted by atomic mass is 79.9. The van der Waals surface area contributed by atoms with Gasteiger partial charge >= 0.3 is 5.97 Å². The van der Waals surface area contributed by atoms with Crippen LogP contribution in [-0.4, -0.2) is 32.8 Å². The molecule has 1 aromatic carbocycles. The highest BCUT2D eigenvalue weighted by molar-refractivity contribution is 9.10. The number of benzene rings is 1. The minimum Gasteiger partial charge on any atom is -0.471 e. The van der Waals surface area contributed by atoms with Crippen LogP contribution in [0.1, 0.15) is 31.7 Å². The number of carbonyl (C=O) groups excluding carboxylic acids is 2. The lowest BCUT2D eigenvalue weighted by atomic mass is 9.81. The van der Waals surface area contributed by atoms with E-state index in [0.29, 0.717) is 12.9 Å². The van der Waals surface area contributed by atoms with Crippen molar-refractivity contribution < 1.29 is 23.5 Å². The first-order valence-electron chi connectivity index (χ1n) is 7.65. The summed E-state index contributed by atoms with van der Waals surface area (Å²) >= 11 is 3.34. The van der Waals surface area contributed by atoms with Crippen molar-refractivity contribution in [2.24, 2.45) is 5.92 Å². The lowest BCUT2D eigenvalue weighted by molar-refractivity contribution is -0.148. The second kappa shape index (κ2) is 12.7. The van der Waals surface area contributed by atoms with Crippen molar-refractivity contribution in [2.45, 2.75) is 32.4 Å². The molecule has 3 atom stereocenters. The molecule has 0 N–H and O–H groups in total. The number of hydrogen-bond donors (Lipinski definition) is 0. The Morgan fingerprint density at radius 2 is 1.79 bits per heavy atom. The van der Waals surface area contributed by atoms with Gasteiger partial charge < -0.3 is 9.47 Å². The molecule has 4 nitrogen and oxygen atoms in total. The monoisotopic (exact) mass is 402 g/mol. The Hall–Kier alpha value is -1.69. The van der Waals surface area contributed by atoms with Crippen molar-refractivity contribution in [3.63, 3.8) is 0 Å². The van der Waals surface area contributed by atoms with Gasteiger partial charge in [-0.15, -0.1) is 0 Å². The van der Waals surface area contributed by atoms with Crippen molar-refractivity contribution >= 4 is 28.4 Å². The third-order valence-electron chi connectivity index (χ3n) is 3.32. The Morgan fingerprint density at radius 3 is 2.25 bits per heavy atom. The molecule has 0 bridgehead atoms. The number of methoxy groups -OCH3 is 2. The zero-order valence-electron chi connectivity index (χ0n) is 14.4. The van der Waals surface area contributed by atoms with Gasteiger partial charge in [0, 0.05) is 10.4 Å². The van der Waals surface area contributed by atoms with E-state index in [9.17, 15) is 9.18 Å². The molecule has 0 radical (unpaired) electrons. The summed E-state index contributed by atoms with van der Waals surface area (Å²) in [5.41, 5.74) is 0.871. The van der Waals surface area contributed by atoms with Crippen LogP contribution in [0.25, 0.3) is 0 Å². The fraction of sp³-hybridized carbons (Fsp3) is 0.444. The highest BCUT2D eigenvalue weighted by Gasteiger charge is 2.36. The maximum Gasteiger partial charge on any atom is 0.311 e. The van der Waals surface area contributed by atoms with Gasteiger partial charge in [0.1, 0.15) is 6.17 Å². The highest BCUT2D eigenvalue weighted by Crippen LogP contribution is 2.35. The zero-order chi connectivity index (χ0) is 18.5. The van der Waals surface area contributed by atoms with Crippen LogP contribution in [0.4, 0.5) is 4.39 Å². The Kier molecular flexibility index (Phi) is 11.8. The Balaban J connectivity index is 0.000000773. The van der Waals surface area contributed by atoms with Gasteiger partial charge in [0.2, 0.25) is 0 Å². The van der Waals surface area contributed by atoms with Crippen molar-refractivity contribution in [1.82, 2.24) is 0 Å². The SMILES string of the molecule is CC.COC(=O)C1CC=CC(c2ccc(Br)cc2)C1F.COC=O. The average molecular weight is 403 g/mol. The molecule has 0 aliphatic heterocycles. The molecule has 0 spiro atoms. The maximum atomic E-state index is 14.4. The van der Waals surface area contributed by atoms with Gasteiger partial charge in [0.05, 0.1) is 20.1 Å². The molecule has 1 aromatic rings. The van der Waals surface area contributed by atoms with Gasteiger partial charge in [0.25, 0.3) is 6.47 Å². The maximum absolute atomic E-state index is 14.4. The molecule has 0 amide bonds. The second-order valence-electron chi connectivity index (χ2n) is 4.65. The van der Waals surface area contributed by atoms with E-state index < -0.39 is 18.1 Å². The predicted molar refractivity (Wildman–Crippen MR) is 95.5 cm³/mol. The van der Waals surface area contributed by atoms with Gasteiger partial charge in [-0.1, -0.05) is 54.1 Å². The first-order chi connectivity index (χ1) is 11.5. The van der Waals surface area contributed by atoms with Crippen LogP contribution in [0.3, 0.4) is 0 Å². The summed E-state index contributed by atoms with van der Waals surface area (Å²) in [5.74, 6) is -1.56. The average Bonchev–Trinajstić information content (AvgIpc) is 2.64. The summed E-state index contributed by atoms with van der Waals surface area (Å²) in [7, 11) is 2.61. The number of halogens is 2. The van der Waals surface area contributed by atoms with Crippen molar-refractivity contribution in [2.75, 3.05) is 14.2 Å². The standard InChI is InChI=1S/C14H14BrFO2.C2H4O2.C2H6/c1-18-14(17)12-4-2-3-11(13(12)16)9-5-7-10(15)8-6-9;1-4-2-3;1-2/h2-3,5-8,11-13H,4H2,1H3;2H,1H3;1-2H3. The second-order valence-corrected chi connectivity index (χ2v) is 5.56. The number of carbonyl (C=O) groups is 2. The summed E-state index contributed by atoms with van der Waals surface area (Å²) in [6.45, 7) is 4.38. The molecule has 0 fully saturated rings. The van der Waals surface area contributed by atoms with E-state index in [1.165, 1.54) is 14.2 Å².